The summed E-state index contributed by atoms with van der Waals surface area (Å²) in [4.78, 5) is 0.233. The lowest BCUT2D eigenvalue weighted by Crippen LogP contribution is -2.06. The third-order valence-corrected chi connectivity index (χ3v) is 7.42. The van der Waals surface area contributed by atoms with E-state index in [1.165, 1.54) is 0 Å². The van der Waals surface area contributed by atoms with E-state index in [4.69, 9.17) is 23.2 Å². The summed E-state index contributed by atoms with van der Waals surface area (Å²) in [5.41, 5.74) is 1.02. The molecule has 0 spiro atoms. The Labute approximate surface area is 126 Å². The topological polar surface area (TPSA) is 46.5 Å². The molecule has 7 heteroatoms. The molecule has 3 nitrogen and oxygen atoms in total. The third-order valence-electron chi connectivity index (χ3n) is 2.94. The second-order valence-corrected chi connectivity index (χ2v) is 9.89. The van der Waals surface area contributed by atoms with Gasteiger partial charge in [-0.1, -0.05) is 28.4 Å². The molecule has 2 rings (SSSR count). The van der Waals surface area contributed by atoms with Crippen LogP contribution in [0, 0.1) is 12.8 Å². The molecule has 0 radical (unpaired) electrons. The zero-order chi connectivity index (χ0) is 14.3. The van der Waals surface area contributed by atoms with Crippen molar-refractivity contribution in [1.82, 2.24) is 0 Å². The molecule has 0 amide bonds. The predicted octanol–water partition coefficient (Wildman–Crippen LogP) is 3.31. The first-order valence-corrected chi connectivity index (χ1v) is 9.71. The molecule has 1 aromatic rings. The van der Waals surface area contributed by atoms with Crippen LogP contribution in [-0.4, -0.2) is 24.8 Å². The minimum absolute atomic E-state index is 0.154. The van der Waals surface area contributed by atoms with E-state index in [0.717, 1.165) is 5.56 Å². The zero-order valence-corrected chi connectivity index (χ0v) is 13.8. The number of sulfonamides is 1. The summed E-state index contributed by atoms with van der Waals surface area (Å²) in [7, 11) is -4.17. The standard InChI is InChI=1S/C12H15Cl2NO2S2/c1-9-3-5-11(6-4-9)19(16,17)15-18(2)8-10-7-12(10,13)14/h3-6,10H,7-8H2,1-2H3/t10-,18+/m0/s1. The molecule has 1 fully saturated rings. The molecule has 1 aromatic carbocycles. The maximum atomic E-state index is 12.1. The molecule has 0 heterocycles. The Balaban J connectivity index is 2.14. The number of rotatable bonds is 4. The minimum Gasteiger partial charge on any atom is -0.199 e. The smallest absolute Gasteiger partial charge is 0.199 e. The van der Waals surface area contributed by atoms with Crippen LogP contribution in [0.25, 0.3) is 0 Å². The summed E-state index contributed by atoms with van der Waals surface area (Å²) in [5.74, 6) is 0.777. The molecule has 0 N–H and O–H groups in total. The first-order chi connectivity index (χ1) is 8.71. The van der Waals surface area contributed by atoms with E-state index < -0.39 is 25.0 Å². The van der Waals surface area contributed by atoms with Gasteiger partial charge in [0.1, 0.15) is 4.33 Å². The Morgan fingerprint density at radius 2 is 1.89 bits per heavy atom. The molecule has 0 aliphatic heterocycles. The number of alkyl halides is 2. The highest BCUT2D eigenvalue weighted by Crippen LogP contribution is 2.53. The largest absolute Gasteiger partial charge is 0.287 e. The highest BCUT2D eigenvalue weighted by molar-refractivity contribution is 7.99. The van der Waals surface area contributed by atoms with Crippen molar-refractivity contribution in [3.8, 4) is 0 Å². The summed E-state index contributed by atoms with van der Waals surface area (Å²) in [6, 6.07) is 6.69. The van der Waals surface area contributed by atoms with Gasteiger partial charge in [-0.3, -0.25) is 0 Å². The maximum absolute atomic E-state index is 12.1. The molecule has 0 aromatic heterocycles. The van der Waals surface area contributed by atoms with Crippen molar-refractivity contribution in [3.05, 3.63) is 29.8 Å². The molecular weight excluding hydrogens is 325 g/mol. The Morgan fingerprint density at radius 1 is 1.37 bits per heavy atom. The Bertz CT molecular complexity index is 609. The number of nitrogens with zero attached hydrogens (tertiary/aromatic N) is 1. The fourth-order valence-corrected chi connectivity index (χ4v) is 5.80. The molecule has 1 aliphatic carbocycles. The average Bonchev–Trinajstić information content (AvgIpc) is 2.85. The highest BCUT2D eigenvalue weighted by Gasteiger charge is 2.51. The fourth-order valence-electron chi connectivity index (χ4n) is 1.69. The van der Waals surface area contributed by atoms with Gasteiger partial charge in [-0.05, 0) is 31.7 Å². The zero-order valence-electron chi connectivity index (χ0n) is 10.6. The Hall–Kier alpha value is -0.100. The molecule has 1 aliphatic rings. The maximum Gasteiger partial charge on any atom is 0.287 e. The molecule has 0 saturated heterocycles. The molecular formula is C12H15Cl2NO2S2. The summed E-state index contributed by atoms with van der Waals surface area (Å²) in [6.45, 7) is 1.91. The van der Waals surface area contributed by atoms with Crippen LogP contribution in [0.4, 0.5) is 0 Å². The minimum atomic E-state index is -3.58. The van der Waals surface area contributed by atoms with Gasteiger partial charge in [0.05, 0.1) is 4.90 Å². The molecule has 0 unspecified atom stereocenters. The van der Waals surface area contributed by atoms with Crippen molar-refractivity contribution in [2.75, 3.05) is 12.0 Å². The number of aryl methyl sites for hydroxylation is 1. The van der Waals surface area contributed by atoms with Crippen molar-refractivity contribution in [2.45, 2.75) is 22.6 Å². The van der Waals surface area contributed by atoms with E-state index in [1.807, 2.05) is 6.92 Å². The quantitative estimate of drug-likeness (QED) is 0.790. The fraction of sp³-hybridized carbons (Fsp3) is 0.500. The lowest BCUT2D eigenvalue weighted by Gasteiger charge is -2.04. The second-order valence-electron chi connectivity index (χ2n) is 4.79. The van der Waals surface area contributed by atoms with Gasteiger partial charge < -0.3 is 0 Å². The van der Waals surface area contributed by atoms with Crippen LogP contribution >= 0.6 is 23.2 Å². The molecule has 1 saturated carbocycles. The number of hydrogen-bond donors (Lipinski definition) is 0. The first-order valence-electron chi connectivity index (χ1n) is 5.76. The van der Waals surface area contributed by atoms with E-state index >= 15 is 0 Å². The lowest BCUT2D eigenvalue weighted by atomic mass is 10.2. The predicted molar refractivity (Wildman–Crippen MR) is 81.5 cm³/mol. The number of benzene rings is 1. The van der Waals surface area contributed by atoms with Crippen molar-refractivity contribution in [1.29, 1.82) is 0 Å². The van der Waals surface area contributed by atoms with Gasteiger partial charge in [-0.25, -0.2) is 0 Å². The van der Waals surface area contributed by atoms with Gasteiger partial charge in [-0.2, -0.15) is 8.42 Å². The van der Waals surface area contributed by atoms with Gasteiger partial charge in [0, 0.05) is 11.7 Å². The molecule has 19 heavy (non-hydrogen) atoms. The normalized spacial score (nSPS) is 23.3. The SMILES string of the molecule is Cc1ccc(S(=O)(=O)N=[S@](C)C[C@@H]2CC2(Cl)Cl)cc1. The van der Waals surface area contributed by atoms with Gasteiger partial charge in [0.2, 0.25) is 0 Å². The summed E-state index contributed by atoms with van der Waals surface area (Å²) in [6.07, 6.45) is 2.52. The monoisotopic (exact) mass is 339 g/mol. The van der Waals surface area contributed by atoms with E-state index in [0.29, 0.717) is 12.2 Å². The van der Waals surface area contributed by atoms with Crippen LogP contribution in [-0.2, 0) is 20.7 Å². The molecule has 0 bridgehead atoms. The third kappa shape index (κ3) is 3.94. The van der Waals surface area contributed by atoms with Crippen LogP contribution in [0.2, 0.25) is 0 Å². The lowest BCUT2D eigenvalue weighted by molar-refractivity contribution is 0.598. The Morgan fingerprint density at radius 3 is 2.37 bits per heavy atom. The van der Waals surface area contributed by atoms with Gasteiger partial charge in [-0.15, -0.1) is 27.0 Å². The highest BCUT2D eigenvalue weighted by atomic mass is 35.5. The Kier molecular flexibility index (Phi) is 4.31. The van der Waals surface area contributed by atoms with E-state index in [-0.39, 0.29) is 10.8 Å². The van der Waals surface area contributed by atoms with Crippen LogP contribution in [0.3, 0.4) is 0 Å². The van der Waals surface area contributed by atoms with Crippen molar-refractivity contribution in [3.63, 3.8) is 0 Å². The average molecular weight is 340 g/mol. The summed E-state index contributed by atoms with van der Waals surface area (Å²) in [5, 5.41) is 0. The van der Waals surface area contributed by atoms with Gasteiger partial charge in [0.15, 0.2) is 0 Å². The van der Waals surface area contributed by atoms with Gasteiger partial charge >= 0.3 is 0 Å². The molecule has 106 valence electrons. The summed E-state index contributed by atoms with van der Waals surface area (Å²) < 4.78 is 27.4. The molecule has 2 atom stereocenters. The van der Waals surface area contributed by atoms with Crippen molar-refractivity contribution in [2.24, 2.45) is 9.69 Å². The van der Waals surface area contributed by atoms with Crippen LogP contribution in [0.5, 0.6) is 0 Å². The number of hydrogen-bond acceptors (Lipinski definition) is 2. The van der Waals surface area contributed by atoms with Gasteiger partial charge in [0.25, 0.3) is 10.0 Å². The van der Waals surface area contributed by atoms with Crippen molar-refractivity contribution >= 4 is 43.9 Å². The summed E-state index contributed by atoms with van der Waals surface area (Å²) >= 11 is 11.9. The number of halogens is 2. The van der Waals surface area contributed by atoms with E-state index in [9.17, 15) is 8.42 Å². The van der Waals surface area contributed by atoms with Crippen LogP contribution in [0.15, 0.2) is 32.9 Å². The second kappa shape index (κ2) is 5.35. The van der Waals surface area contributed by atoms with E-state index in [1.54, 1.807) is 30.5 Å². The first kappa shape index (κ1) is 15.3. The van der Waals surface area contributed by atoms with E-state index in [2.05, 4.69) is 3.77 Å². The van der Waals surface area contributed by atoms with Crippen LogP contribution in [0.1, 0.15) is 12.0 Å². The van der Waals surface area contributed by atoms with Crippen molar-refractivity contribution < 1.29 is 8.42 Å². The van der Waals surface area contributed by atoms with Crippen LogP contribution < -0.4 is 0 Å².